The maximum Gasteiger partial charge on any atom is 0.239 e. The van der Waals surface area contributed by atoms with Crippen LogP contribution in [0.2, 0.25) is 0 Å². The van der Waals surface area contributed by atoms with Crippen molar-refractivity contribution in [2.75, 3.05) is 30.3 Å². The largest absolute Gasteiger partial charge is 0.370 e. The molecule has 0 aromatic carbocycles. The molecule has 0 unspecified atom stereocenters. The molecule has 0 saturated carbocycles. The molecule has 17 heavy (non-hydrogen) atoms. The third kappa shape index (κ3) is 3.90. The standard InChI is InChI=1S/C11H19N5O/c1-4-12-9(17)6-14-11-8(3)10(13-5-2)15-7-16-11/h7H,4-6H2,1-3H3,(H,12,17)(H2,13,14,15,16). The first kappa shape index (κ1) is 13.2. The highest BCUT2D eigenvalue weighted by Gasteiger charge is 2.07. The molecule has 1 aromatic heterocycles. The first-order chi connectivity index (χ1) is 8.19. The molecule has 1 amide bonds. The molecule has 0 aliphatic carbocycles. The van der Waals surface area contributed by atoms with Crippen molar-refractivity contribution >= 4 is 17.5 Å². The van der Waals surface area contributed by atoms with Crippen molar-refractivity contribution in [1.82, 2.24) is 15.3 Å². The van der Waals surface area contributed by atoms with Crippen LogP contribution in [-0.2, 0) is 4.79 Å². The average molecular weight is 237 g/mol. The number of carbonyl (C=O) groups is 1. The Balaban J connectivity index is 2.64. The molecule has 0 aliphatic rings. The summed E-state index contributed by atoms with van der Waals surface area (Å²) in [5.74, 6) is 1.43. The highest BCUT2D eigenvalue weighted by molar-refractivity contribution is 5.80. The summed E-state index contributed by atoms with van der Waals surface area (Å²) in [4.78, 5) is 19.5. The number of hydrogen-bond acceptors (Lipinski definition) is 5. The van der Waals surface area contributed by atoms with Gasteiger partial charge in [0.25, 0.3) is 0 Å². The van der Waals surface area contributed by atoms with Crippen molar-refractivity contribution in [3.05, 3.63) is 11.9 Å². The summed E-state index contributed by atoms with van der Waals surface area (Å²) in [5, 5.41) is 8.85. The van der Waals surface area contributed by atoms with Crippen molar-refractivity contribution in [1.29, 1.82) is 0 Å². The van der Waals surface area contributed by atoms with Crippen LogP contribution in [0.1, 0.15) is 19.4 Å². The number of carbonyl (C=O) groups excluding carboxylic acids is 1. The fourth-order valence-corrected chi connectivity index (χ4v) is 1.40. The van der Waals surface area contributed by atoms with Gasteiger partial charge in [-0.05, 0) is 20.8 Å². The quantitative estimate of drug-likeness (QED) is 0.681. The Labute approximate surface area is 101 Å². The van der Waals surface area contributed by atoms with E-state index in [1.54, 1.807) is 0 Å². The molecular formula is C11H19N5O. The average Bonchev–Trinajstić information content (AvgIpc) is 2.31. The zero-order valence-electron chi connectivity index (χ0n) is 10.5. The van der Waals surface area contributed by atoms with Crippen LogP contribution < -0.4 is 16.0 Å². The Morgan fingerprint density at radius 1 is 1.18 bits per heavy atom. The molecule has 3 N–H and O–H groups in total. The van der Waals surface area contributed by atoms with E-state index in [9.17, 15) is 4.79 Å². The molecule has 94 valence electrons. The minimum Gasteiger partial charge on any atom is -0.370 e. The zero-order valence-corrected chi connectivity index (χ0v) is 10.5. The van der Waals surface area contributed by atoms with Gasteiger partial charge in [0, 0.05) is 18.7 Å². The van der Waals surface area contributed by atoms with Crippen LogP contribution in [0.25, 0.3) is 0 Å². The predicted octanol–water partition coefficient (Wildman–Crippen LogP) is 0.765. The van der Waals surface area contributed by atoms with E-state index >= 15 is 0 Å². The minimum atomic E-state index is -0.0458. The van der Waals surface area contributed by atoms with E-state index in [1.165, 1.54) is 6.33 Å². The minimum absolute atomic E-state index is 0.0458. The van der Waals surface area contributed by atoms with Crippen LogP contribution in [0.3, 0.4) is 0 Å². The van der Waals surface area contributed by atoms with Gasteiger partial charge in [0.1, 0.15) is 18.0 Å². The molecular weight excluding hydrogens is 218 g/mol. The summed E-state index contributed by atoms with van der Waals surface area (Å²) < 4.78 is 0. The van der Waals surface area contributed by atoms with Crippen LogP contribution in [-0.4, -0.2) is 35.5 Å². The van der Waals surface area contributed by atoms with E-state index in [0.717, 1.165) is 17.9 Å². The van der Waals surface area contributed by atoms with Crippen LogP contribution in [0.4, 0.5) is 11.6 Å². The second kappa shape index (κ2) is 6.67. The number of aromatic nitrogens is 2. The molecule has 6 heteroatoms. The van der Waals surface area contributed by atoms with Gasteiger partial charge >= 0.3 is 0 Å². The number of amides is 1. The van der Waals surface area contributed by atoms with Gasteiger partial charge < -0.3 is 16.0 Å². The molecule has 0 aliphatic heterocycles. The van der Waals surface area contributed by atoms with Crippen molar-refractivity contribution in [2.45, 2.75) is 20.8 Å². The molecule has 0 atom stereocenters. The van der Waals surface area contributed by atoms with Crippen molar-refractivity contribution in [3.8, 4) is 0 Å². The lowest BCUT2D eigenvalue weighted by Gasteiger charge is -2.11. The van der Waals surface area contributed by atoms with E-state index < -0.39 is 0 Å². The summed E-state index contributed by atoms with van der Waals surface area (Å²) in [6.45, 7) is 7.45. The van der Waals surface area contributed by atoms with E-state index in [0.29, 0.717) is 12.4 Å². The van der Waals surface area contributed by atoms with Gasteiger partial charge in [0.2, 0.25) is 5.91 Å². The highest BCUT2D eigenvalue weighted by Crippen LogP contribution is 2.17. The van der Waals surface area contributed by atoms with E-state index in [2.05, 4.69) is 25.9 Å². The molecule has 0 saturated heterocycles. The summed E-state index contributed by atoms with van der Waals surface area (Å²) in [5.41, 5.74) is 0.915. The van der Waals surface area contributed by atoms with Gasteiger partial charge in [-0.1, -0.05) is 0 Å². The molecule has 1 heterocycles. The van der Waals surface area contributed by atoms with Gasteiger partial charge in [-0.15, -0.1) is 0 Å². The number of rotatable bonds is 6. The molecule has 0 bridgehead atoms. The molecule has 0 spiro atoms. The number of anilines is 2. The predicted molar refractivity (Wildman–Crippen MR) is 68.1 cm³/mol. The number of nitrogens with one attached hydrogen (secondary N) is 3. The van der Waals surface area contributed by atoms with E-state index in [1.807, 2.05) is 20.8 Å². The number of nitrogens with zero attached hydrogens (tertiary/aromatic N) is 2. The second-order valence-corrected chi connectivity index (χ2v) is 3.53. The topological polar surface area (TPSA) is 78.9 Å². The van der Waals surface area contributed by atoms with Crippen LogP contribution in [0.5, 0.6) is 0 Å². The lowest BCUT2D eigenvalue weighted by Crippen LogP contribution is -2.29. The van der Waals surface area contributed by atoms with Crippen molar-refractivity contribution in [2.24, 2.45) is 0 Å². The third-order valence-electron chi connectivity index (χ3n) is 2.22. The summed E-state index contributed by atoms with van der Waals surface area (Å²) in [7, 11) is 0. The second-order valence-electron chi connectivity index (χ2n) is 3.53. The van der Waals surface area contributed by atoms with E-state index in [4.69, 9.17) is 0 Å². The highest BCUT2D eigenvalue weighted by atomic mass is 16.1. The first-order valence-electron chi connectivity index (χ1n) is 5.75. The Hall–Kier alpha value is -1.85. The molecule has 6 nitrogen and oxygen atoms in total. The van der Waals surface area contributed by atoms with Crippen LogP contribution >= 0.6 is 0 Å². The summed E-state index contributed by atoms with van der Waals surface area (Å²) >= 11 is 0. The third-order valence-corrected chi connectivity index (χ3v) is 2.22. The van der Waals surface area contributed by atoms with Gasteiger partial charge in [0.15, 0.2) is 0 Å². The van der Waals surface area contributed by atoms with Crippen molar-refractivity contribution < 1.29 is 4.79 Å². The van der Waals surface area contributed by atoms with Gasteiger partial charge in [-0.3, -0.25) is 4.79 Å². The number of likely N-dealkylation sites (N-methyl/N-ethyl adjacent to an activating group) is 1. The fourth-order valence-electron chi connectivity index (χ4n) is 1.40. The Morgan fingerprint density at radius 3 is 2.41 bits per heavy atom. The SMILES string of the molecule is CCNC(=O)CNc1ncnc(NCC)c1C. The summed E-state index contributed by atoms with van der Waals surface area (Å²) in [6.07, 6.45) is 1.48. The molecule has 1 rings (SSSR count). The normalized spacial score (nSPS) is 9.82. The van der Waals surface area contributed by atoms with Crippen LogP contribution in [0.15, 0.2) is 6.33 Å². The Kier molecular flexibility index (Phi) is 5.19. The fraction of sp³-hybridized carbons (Fsp3) is 0.545. The van der Waals surface area contributed by atoms with Crippen molar-refractivity contribution in [3.63, 3.8) is 0 Å². The van der Waals surface area contributed by atoms with Gasteiger partial charge in [-0.2, -0.15) is 0 Å². The number of hydrogen-bond donors (Lipinski definition) is 3. The maximum absolute atomic E-state index is 11.3. The smallest absolute Gasteiger partial charge is 0.239 e. The van der Waals surface area contributed by atoms with E-state index in [-0.39, 0.29) is 12.5 Å². The lowest BCUT2D eigenvalue weighted by atomic mass is 10.3. The first-order valence-corrected chi connectivity index (χ1v) is 5.75. The Bertz CT molecular complexity index is 380. The maximum atomic E-state index is 11.3. The summed E-state index contributed by atoms with van der Waals surface area (Å²) in [6, 6.07) is 0. The molecule has 1 aromatic rings. The molecule has 0 radical (unpaired) electrons. The lowest BCUT2D eigenvalue weighted by molar-refractivity contribution is -0.119. The Morgan fingerprint density at radius 2 is 1.82 bits per heavy atom. The van der Waals surface area contributed by atoms with Crippen LogP contribution in [0, 0.1) is 6.92 Å². The zero-order chi connectivity index (χ0) is 12.7. The monoisotopic (exact) mass is 237 g/mol. The van der Waals surface area contributed by atoms with Gasteiger partial charge in [0.05, 0.1) is 6.54 Å². The van der Waals surface area contributed by atoms with Gasteiger partial charge in [-0.25, -0.2) is 9.97 Å². The molecule has 0 fully saturated rings.